The van der Waals surface area contributed by atoms with Crippen LogP contribution in [0.3, 0.4) is 0 Å². The molecule has 0 radical (unpaired) electrons. The van der Waals surface area contributed by atoms with Crippen LogP contribution in [0, 0.1) is 0 Å². The zero-order chi connectivity index (χ0) is 16.5. The Morgan fingerprint density at radius 1 is 1.43 bits per heavy atom. The minimum atomic E-state index is -0.303. The number of hydrogen-bond acceptors (Lipinski definition) is 7. The summed E-state index contributed by atoms with van der Waals surface area (Å²) in [5.41, 5.74) is 3.42. The Hall–Kier alpha value is -1.90. The second-order valence-electron chi connectivity index (χ2n) is 4.94. The van der Waals surface area contributed by atoms with Crippen LogP contribution in [-0.4, -0.2) is 43.6 Å². The number of aromatic amines is 1. The van der Waals surface area contributed by atoms with Crippen molar-refractivity contribution in [2.45, 2.75) is 26.2 Å². The molecule has 1 aliphatic rings. The lowest BCUT2D eigenvalue weighted by Crippen LogP contribution is -2.23. The summed E-state index contributed by atoms with van der Waals surface area (Å²) in [5.74, 6) is 0.208. The fourth-order valence-electron chi connectivity index (χ4n) is 2.21. The van der Waals surface area contributed by atoms with Gasteiger partial charge in [0.2, 0.25) is 5.88 Å². The number of H-pyrrole nitrogens is 1. The maximum absolute atomic E-state index is 12.4. The molecule has 2 heterocycles. The molecular weight excluding hydrogens is 302 g/mol. The summed E-state index contributed by atoms with van der Waals surface area (Å²) < 4.78 is 16.2. The SMILES string of the molecule is CCCOCCC/C1=C/COCOc2nc(ONC)[nH]c(=O)c21. The molecule has 0 unspecified atom stereocenters. The molecule has 0 saturated carbocycles. The van der Waals surface area contributed by atoms with Crippen LogP contribution in [0.15, 0.2) is 10.9 Å². The van der Waals surface area contributed by atoms with Gasteiger partial charge in [0.05, 0.1) is 6.61 Å². The minimum Gasteiger partial charge on any atom is -0.450 e. The Bertz CT molecular complexity index is 585. The molecule has 128 valence electrons. The van der Waals surface area contributed by atoms with E-state index in [1.54, 1.807) is 7.05 Å². The monoisotopic (exact) mass is 325 g/mol. The Morgan fingerprint density at radius 2 is 2.30 bits per heavy atom. The first-order valence-electron chi connectivity index (χ1n) is 7.71. The van der Waals surface area contributed by atoms with Crippen molar-refractivity contribution in [3.8, 4) is 11.9 Å². The molecule has 0 saturated heterocycles. The third kappa shape index (κ3) is 5.05. The van der Waals surface area contributed by atoms with Gasteiger partial charge in [0.1, 0.15) is 5.56 Å². The highest BCUT2D eigenvalue weighted by molar-refractivity contribution is 5.68. The number of hydrogen-bond donors (Lipinski definition) is 2. The third-order valence-corrected chi connectivity index (χ3v) is 3.19. The van der Waals surface area contributed by atoms with Gasteiger partial charge in [0, 0.05) is 20.3 Å². The molecule has 8 heteroatoms. The van der Waals surface area contributed by atoms with E-state index < -0.39 is 0 Å². The number of nitrogens with zero attached hydrogens (tertiary/aromatic N) is 1. The molecule has 0 aliphatic carbocycles. The molecule has 0 atom stereocenters. The zero-order valence-corrected chi connectivity index (χ0v) is 13.5. The minimum absolute atomic E-state index is 0.0336. The van der Waals surface area contributed by atoms with Crippen LogP contribution in [0.2, 0.25) is 0 Å². The quantitative estimate of drug-likeness (QED) is 0.548. The van der Waals surface area contributed by atoms with E-state index in [-0.39, 0.29) is 24.2 Å². The molecule has 8 nitrogen and oxygen atoms in total. The van der Waals surface area contributed by atoms with Crippen molar-refractivity contribution in [3.63, 3.8) is 0 Å². The summed E-state index contributed by atoms with van der Waals surface area (Å²) in [4.78, 5) is 24.1. The Labute approximate surface area is 134 Å². The van der Waals surface area contributed by atoms with E-state index in [0.29, 0.717) is 25.2 Å². The number of fused-ring (bicyclic) bond motifs is 1. The van der Waals surface area contributed by atoms with E-state index in [1.807, 2.05) is 6.08 Å². The van der Waals surface area contributed by atoms with Crippen molar-refractivity contribution in [1.82, 2.24) is 15.4 Å². The van der Waals surface area contributed by atoms with Crippen LogP contribution < -0.4 is 20.6 Å². The van der Waals surface area contributed by atoms with Gasteiger partial charge in [-0.15, -0.1) is 0 Å². The van der Waals surface area contributed by atoms with E-state index in [1.165, 1.54) is 0 Å². The van der Waals surface area contributed by atoms with Gasteiger partial charge in [-0.2, -0.15) is 10.5 Å². The summed E-state index contributed by atoms with van der Waals surface area (Å²) in [5, 5.41) is 0. The van der Waals surface area contributed by atoms with Crippen LogP contribution in [0.5, 0.6) is 11.9 Å². The zero-order valence-electron chi connectivity index (χ0n) is 13.5. The van der Waals surface area contributed by atoms with Crippen molar-refractivity contribution in [3.05, 3.63) is 22.0 Å². The molecule has 0 spiro atoms. The van der Waals surface area contributed by atoms with Gasteiger partial charge in [-0.1, -0.05) is 13.0 Å². The summed E-state index contributed by atoms with van der Waals surface area (Å²) in [7, 11) is 1.57. The number of hydroxylamine groups is 1. The lowest BCUT2D eigenvalue weighted by molar-refractivity contribution is 0.0253. The summed E-state index contributed by atoms with van der Waals surface area (Å²) in [6.45, 7) is 3.88. The summed E-state index contributed by atoms with van der Waals surface area (Å²) >= 11 is 0. The first-order chi connectivity index (χ1) is 11.3. The molecule has 2 rings (SSSR count). The Morgan fingerprint density at radius 3 is 3.09 bits per heavy atom. The maximum Gasteiger partial charge on any atom is 0.319 e. The van der Waals surface area contributed by atoms with E-state index in [0.717, 1.165) is 25.0 Å². The molecule has 0 aromatic carbocycles. The van der Waals surface area contributed by atoms with Crippen LogP contribution in [-0.2, 0) is 9.47 Å². The van der Waals surface area contributed by atoms with Crippen molar-refractivity contribution in [2.24, 2.45) is 0 Å². The number of ether oxygens (including phenoxy) is 3. The molecular formula is C15H23N3O5. The van der Waals surface area contributed by atoms with Gasteiger partial charge in [0.25, 0.3) is 5.56 Å². The molecule has 1 aromatic heterocycles. The van der Waals surface area contributed by atoms with Gasteiger partial charge in [0.15, 0.2) is 6.79 Å². The normalized spacial score (nSPS) is 16.5. The standard InChI is InChI=1S/C15H23N3O5/c1-3-7-20-8-4-5-11-6-9-21-10-22-14-12(11)13(19)17-15(18-14)23-16-2/h6,16H,3-5,7-10H2,1-2H3,(H,17,18,19)/b11-6-. The van der Waals surface area contributed by atoms with Gasteiger partial charge < -0.3 is 19.0 Å². The fraction of sp³-hybridized carbons (Fsp3) is 0.600. The number of aromatic nitrogens is 2. The number of rotatable bonds is 8. The predicted molar refractivity (Wildman–Crippen MR) is 84.3 cm³/mol. The lowest BCUT2D eigenvalue weighted by atomic mass is 10.0. The average molecular weight is 325 g/mol. The van der Waals surface area contributed by atoms with Gasteiger partial charge in [-0.3, -0.25) is 9.78 Å². The largest absolute Gasteiger partial charge is 0.450 e. The molecule has 23 heavy (non-hydrogen) atoms. The van der Waals surface area contributed by atoms with Gasteiger partial charge in [-0.05, 0) is 24.8 Å². The Kier molecular flexibility index (Phi) is 7.05. The van der Waals surface area contributed by atoms with Crippen molar-refractivity contribution in [1.29, 1.82) is 0 Å². The van der Waals surface area contributed by atoms with E-state index in [9.17, 15) is 4.79 Å². The van der Waals surface area contributed by atoms with Crippen LogP contribution in [0.4, 0.5) is 0 Å². The van der Waals surface area contributed by atoms with Gasteiger partial charge >= 0.3 is 6.01 Å². The first-order valence-corrected chi connectivity index (χ1v) is 7.71. The topological polar surface area (TPSA) is 94.7 Å². The van der Waals surface area contributed by atoms with Crippen LogP contribution in [0.25, 0.3) is 5.57 Å². The van der Waals surface area contributed by atoms with Crippen LogP contribution >= 0.6 is 0 Å². The smallest absolute Gasteiger partial charge is 0.319 e. The average Bonchev–Trinajstić information content (AvgIpc) is 2.50. The van der Waals surface area contributed by atoms with Crippen LogP contribution in [0.1, 0.15) is 31.7 Å². The maximum atomic E-state index is 12.4. The molecule has 0 amide bonds. The highest BCUT2D eigenvalue weighted by Gasteiger charge is 2.19. The third-order valence-electron chi connectivity index (χ3n) is 3.19. The molecule has 0 bridgehead atoms. The van der Waals surface area contributed by atoms with Gasteiger partial charge in [-0.25, -0.2) is 0 Å². The van der Waals surface area contributed by atoms with E-state index in [4.69, 9.17) is 19.0 Å². The number of allylic oxidation sites excluding steroid dienone is 1. The molecule has 1 aromatic rings. The van der Waals surface area contributed by atoms with E-state index >= 15 is 0 Å². The van der Waals surface area contributed by atoms with Crippen molar-refractivity contribution >= 4 is 5.57 Å². The summed E-state index contributed by atoms with van der Waals surface area (Å²) in [6, 6.07) is 0.0439. The summed E-state index contributed by atoms with van der Waals surface area (Å²) in [6.07, 6.45) is 4.36. The second-order valence-corrected chi connectivity index (χ2v) is 4.94. The Balaban J connectivity index is 2.18. The molecule has 2 N–H and O–H groups in total. The predicted octanol–water partition coefficient (Wildman–Crippen LogP) is 1.24. The highest BCUT2D eigenvalue weighted by atomic mass is 16.7. The second kappa shape index (κ2) is 9.29. The first kappa shape index (κ1) is 17.5. The highest BCUT2D eigenvalue weighted by Crippen LogP contribution is 2.26. The number of nitrogens with one attached hydrogen (secondary N) is 2. The lowest BCUT2D eigenvalue weighted by Gasteiger charge is -2.16. The van der Waals surface area contributed by atoms with Crippen molar-refractivity contribution in [2.75, 3.05) is 33.7 Å². The van der Waals surface area contributed by atoms with Crippen molar-refractivity contribution < 1.29 is 19.0 Å². The molecule has 0 fully saturated rings. The molecule has 1 aliphatic heterocycles. The van der Waals surface area contributed by atoms with E-state index in [2.05, 4.69) is 22.4 Å². The fourth-order valence-corrected chi connectivity index (χ4v) is 2.21.